The maximum absolute atomic E-state index is 5.44. The molecule has 1 saturated heterocycles. The molecule has 1 aromatic carbocycles. The van der Waals surface area contributed by atoms with Gasteiger partial charge in [0, 0.05) is 45.0 Å². The van der Waals surface area contributed by atoms with Crippen LogP contribution in [-0.2, 0) is 17.7 Å². The first-order valence-corrected chi connectivity index (χ1v) is 9.12. The third-order valence-electron chi connectivity index (χ3n) is 4.40. The molecule has 1 aromatic heterocycles. The standard InChI is InChI=1S/C20H27N5O.HI/c1-21-20(23-11-9-17-6-3-2-4-7-17)24-16-18-8-5-10-22-19(18)25-12-14-26-15-13-25;/h2-8,10H,9,11-16H2,1H3,(H2,21,23,24);1H. The molecule has 0 amide bonds. The normalized spacial score (nSPS) is 14.4. The minimum Gasteiger partial charge on any atom is -0.378 e. The van der Waals surface area contributed by atoms with E-state index in [1.165, 1.54) is 11.1 Å². The molecule has 6 nitrogen and oxygen atoms in total. The number of aliphatic imine (C=N–C) groups is 1. The first-order chi connectivity index (χ1) is 12.9. The van der Waals surface area contributed by atoms with Crippen LogP contribution in [0.1, 0.15) is 11.1 Å². The van der Waals surface area contributed by atoms with Crippen LogP contribution >= 0.6 is 24.0 Å². The third kappa shape index (κ3) is 6.66. The molecule has 0 unspecified atom stereocenters. The Bertz CT molecular complexity index is 705. The van der Waals surface area contributed by atoms with Crippen molar-refractivity contribution in [1.82, 2.24) is 15.6 Å². The first kappa shape index (κ1) is 21.4. The van der Waals surface area contributed by atoms with Crippen molar-refractivity contribution in [2.24, 2.45) is 4.99 Å². The van der Waals surface area contributed by atoms with Crippen LogP contribution in [0, 0.1) is 0 Å². The Hall–Kier alpha value is -1.87. The molecule has 0 spiro atoms. The number of nitrogens with one attached hydrogen (secondary N) is 2. The van der Waals surface area contributed by atoms with Crippen molar-refractivity contribution in [1.29, 1.82) is 0 Å². The molecule has 2 aromatic rings. The Labute approximate surface area is 178 Å². The molecule has 2 N–H and O–H groups in total. The number of guanidine groups is 1. The third-order valence-corrected chi connectivity index (χ3v) is 4.40. The highest BCUT2D eigenvalue weighted by Gasteiger charge is 2.15. The molecule has 1 aliphatic heterocycles. The van der Waals surface area contributed by atoms with Crippen LogP contribution in [0.4, 0.5) is 5.82 Å². The largest absolute Gasteiger partial charge is 0.378 e. The van der Waals surface area contributed by atoms with Crippen LogP contribution < -0.4 is 15.5 Å². The fraction of sp³-hybridized carbons (Fsp3) is 0.400. The van der Waals surface area contributed by atoms with Crippen LogP contribution in [-0.4, -0.2) is 50.8 Å². The topological polar surface area (TPSA) is 61.8 Å². The number of ether oxygens (including phenoxy) is 1. The number of anilines is 1. The van der Waals surface area contributed by atoms with Crippen molar-refractivity contribution in [3.8, 4) is 0 Å². The minimum absolute atomic E-state index is 0. The number of hydrogen-bond donors (Lipinski definition) is 2. The first-order valence-electron chi connectivity index (χ1n) is 9.12. The zero-order valence-corrected chi connectivity index (χ0v) is 18.1. The lowest BCUT2D eigenvalue weighted by Gasteiger charge is -2.29. The number of hydrogen-bond acceptors (Lipinski definition) is 4. The summed E-state index contributed by atoms with van der Waals surface area (Å²) in [4.78, 5) is 11.2. The Kier molecular flexibility index (Phi) is 9.34. The summed E-state index contributed by atoms with van der Waals surface area (Å²) in [6, 6.07) is 14.5. The second-order valence-electron chi connectivity index (χ2n) is 6.17. The fourth-order valence-corrected chi connectivity index (χ4v) is 3.00. The quantitative estimate of drug-likeness (QED) is 0.377. The van der Waals surface area contributed by atoms with Gasteiger partial charge in [-0.25, -0.2) is 4.98 Å². The molecule has 0 aliphatic carbocycles. The van der Waals surface area contributed by atoms with Crippen molar-refractivity contribution in [2.45, 2.75) is 13.0 Å². The lowest BCUT2D eigenvalue weighted by Crippen LogP contribution is -2.40. The lowest BCUT2D eigenvalue weighted by molar-refractivity contribution is 0.122. The van der Waals surface area contributed by atoms with Gasteiger partial charge in [0.2, 0.25) is 0 Å². The van der Waals surface area contributed by atoms with Crippen LogP contribution in [0.2, 0.25) is 0 Å². The maximum atomic E-state index is 5.44. The van der Waals surface area contributed by atoms with Gasteiger partial charge in [-0.3, -0.25) is 4.99 Å². The predicted molar refractivity (Wildman–Crippen MR) is 121 cm³/mol. The van der Waals surface area contributed by atoms with Crippen molar-refractivity contribution in [3.63, 3.8) is 0 Å². The predicted octanol–water partition coefficient (Wildman–Crippen LogP) is 2.44. The molecular weight excluding hydrogens is 453 g/mol. The van der Waals surface area contributed by atoms with Crippen LogP contribution in [0.15, 0.2) is 53.7 Å². The zero-order valence-electron chi connectivity index (χ0n) is 15.7. The van der Waals surface area contributed by atoms with E-state index >= 15 is 0 Å². The number of benzene rings is 1. The van der Waals surface area contributed by atoms with Gasteiger partial charge in [-0.15, -0.1) is 24.0 Å². The highest BCUT2D eigenvalue weighted by molar-refractivity contribution is 14.0. The number of pyridine rings is 1. The molecule has 2 heterocycles. The second kappa shape index (κ2) is 11.8. The van der Waals surface area contributed by atoms with Crippen LogP contribution in [0.25, 0.3) is 0 Å². The van der Waals surface area contributed by atoms with E-state index in [4.69, 9.17) is 4.74 Å². The Morgan fingerprint density at radius 1 is 1.11 bits per heavy atom. The molecule has 7 heteroatoms. The summed E-state index contributed by atoms with van der Waals surface area (Å²) >= 11 is 0. The van der Waals surface area contributed by atoms with E-state index in [0.29, 0.717) is 6.54 Å². The fourth-order valence-electron chi connectivity index (χ4n) is 3.00. The minimum atomic E-state index is 0. The molecule has 3 rings (SSSR count). The monoisotopic (exact) mass is 481 g/mol. The molecule has 1 aliphatic rings. The van der Waals surface area contributed by atoms with Gasteiger partial charge in [-0.1, -0.05) is 36.4 Å². The van der Waals surface area contributed by atoms with E-state index in [1.54, 1.807) is 7.05 Å². The summed E-state index contributed by atoms with van der Waals surface area (Å²) in [6.07, 6.45) is 2.81. The zero-order chi connectivity index (χ0) is 18.0. The molecule has 0 bridgehead atoms. The Balaban J connectivity index is 0.00000261. The molecule has 27 heavy (non-hydrogen) atoms. The van der Waals surface area contributed by atoms with E-state index in [2.05, 4.69) is 55.8 Å². The van der Waals surface area contributed by atoms with Crippen molar-refractivity contribution in [3.05, 3.63) is 59.8 Å². The van der Waals surface area contributed by atoms with Crippen molar-refractivity contribution < 1.29 is 4.74 Å². The number of morpholine rings is 1. The van der Waals surface area contributed by atoms with Crippen LogP contribution in [0.5, 0.6) is 0 Å². The smallest absolute Gasteiger partial charge is 0.191 e. The van der Waals surface area contributed by atoms with Gasteiger partial charge in [0.15, 0.2) is 5.96 Å². The van der Waals surface area contributed by atoms with E-state index in [1.807, 2.05) is 18.3 Å². The van der Waals surface area contributed by atoms with Crippen LogP contribution in [0.3, 0.4) is 0 Å². The number of nitrogens with zero attached hydrogens (tertiary/aromatic N) is 3. The van der Waals surface area contributed by atoms with E-state index in [0.717, 1.165) is 51.0 Å². The van der Waals surface area contributed by atoms with Gasteiger partial charge in [0.25, 0.3) is 0 Å². The van der Waals surface area contributed by atoms with Crippen molar-refractivity contribution in [2.75, 3.05) is 44.8 Å². The summed E-state index contributed by atoms with van der Waals surface area (Å²) in [5.41, 5.74) is 2.48. The molecular formula is C20H28IN5O. The average Bonchev–Trinajstić information content (AvgIpc) is 2.72. The van der Waals surface area contributed by atoms with E-state index < -0.39 is 0 Å². The van der Waals surface area contributed by atoms with Gasteiger partial charge in [-0.05, 0) is 18.1 Å². The van der Waals surface area contributed by atoms with Gasteiger partial charge in [0.1, 0.15) is 5.82 Å². The van der Waals surface area contributed by atoms with Gasteiger partial charge < -0.3 is 20.3 Å². The van der Waals surface area contributed by atoms with Gasteiger partial charge >= 0.3 is 0 Å². The highest BCUT2D eigenvalue weighted by atomic mass is 127. The van der Waals surface area contributed by atoms with Crippen molar-refractivity contribution >= 4 is 35.8 Å². The highest BCUT2D eigenvalue weighted by Crippen LogP contribution is 2.18. The Morgan fingerprint density at radius 2 is 1.89 bits per heavy atom. The number of aromatic nitrogens is 1. The lowest BCUT2D eigenvalue weighted by atomic mass is 10.1. The second-order valence-corrected chi connectivity index (χ2v) is 6.17. The average molecular weight is 481 g/mol. The number of halogens is 1. The van der Waals surface area contributed by atoms with E-state index in [9.17, 15) is 0 Å². The molecule has 146 valence electrons. The molecule has 0 atom stereocenters. The summed E-state index contributed by atoms with van der Waals surface area (Å²) in [6.45, 7) is 4.80. The van der Waals surface area contributed by atoms with Gasteiger partial charge in [-0.2, -0.15) is 0 Å². The molecule has 0 radical (unpaired) electrons. The number of rotatable bonds is 6. The SMILES string of the molecule is CN=C(NCCc1ccccc1)NCc1cccnc1N1CCOCC1.I. The molecule has 1 fully saturated rings. The summed E-state index contributed by atoms with van der Waals surface area (Å²) in [5.74, 6) is 1.83. The van der Waals surface area contributed by atoms with E-state index in [-0.39, 0.29) is 24.0 Å². The summed E-state index contributed by atoms with van der Waals surface area (Å²) in [7, 11) is 1.80. The summed E-state index contributed by atoms with van der Waals surface area (Å²) in [5, 5.41) is 6.76. The molecule has 0 saturated carbocycles. The Morgan fingerprint density at radius 3 is 2.63 bits per heavy atom. The summed E-state index contributed by atoms with van der Waals surface area (Å²) < 4.78 is 5.44. The maximum Gasteiger partial charge on any atom is 0.191 e. The van der Waals surface area contributed by atoms with Gasteiger partial charge in [0.05, 0.1) is 13.2 Å².